The Morgan fingerprint density at radius 2 is 1.67 bits per heavy atom. The van der Waals surface area contributed by atoms with E-state index >= 15 is 0 Å². The molecule has 10 heteroatoms. The molecule has 0 spiro atoms. The molecule has 1 saturated carbocycles. The van der Waals surface area contributed by atoms with Crippen molar-refractivity contribution in [3.8, 4) is 0 Å². The van der Waals surface area contributed by atoms with E-state index in [2.05, 4.69) is 16.0 Å². The maximum absolute atomic E-state index is 11.6. The first-order valence-corrected chi connectivity index (χ1v) is 11.6. The van der Waals surface area contributed by atoms with Crippen LogP contribution < -0.4 is 16.0 Å². The van der Waals surface area contributed by atoms with Gasteiger partial charge in [0.25, 0.3) is 0 Å². The number of aliphatic hydroxyl groups is 4. The lowest BCUT2D eigenvalue weighted by Crippen LogP contribution is -2.81. The molecule has 4 rings (SSSR count). The molecular formula is C23H37N3O7. The molecule has 2 unspecified atom stereocenters. The Labute approximate surface area is 194 Å². The van der Waals surface area contributed by atoms with E-state index in [1.165, 1.54) is 0 Å². The van der Waals surface area contributed by atoms with E-state index < -0.39 is 60.3 Å². The summed E-state index contributed by atoms with van der Waals surface area (Å²) in [6.45, 7) is 2.43. The van der Waals surface area contributed by atoms with Crippen LogP contribution in [-0.2, 0) is 20.6 Å². The maximum Gasteiger partial charge on any atom is 0.249 e. The van der Waals surface area contributed by atoms with Gasteiger partial charge in [-0.15, -0.1) is 0 Å². The zero-order chi connectivity index (χ0) is 23.8. The predicted octanol–water partition coefficient (Wildman–Crippen LogP) is -1.93. The highest BCUT2D eigenvalue weighted by atomic mass is 16.8. The molecule has 10 nitrogen and oxygen atoms in total. The van der Waals surface area contributed by atoms with Crippen molar-refractivity contribution in [2.45, 2.75) is 80.0 Å². The zero-order valence-corrected chi connectivity index (χ0v) is 19.3. The Balaban J connectivity index is 1.52. The molecule has 1 aromatic carbocycles. The monoisotopic (exact) mass is 467 g/mol. The number of hydrogen-bond acceptors (Lipinski definition) is 10. The van der Waals surface area contributed by atoms with Crippen molar-refractivity contribution in [1.82, 2.24) is 16.0 Å². The molecule has 0 aromatic heterocycles. The third-order valence-electron chi connectivity index (χ3n) is 7.20. The summed E-state index contributed by atoms with van der Waals surface area (Å²) in [6, 6.07) is 8.65. The predicted molar refractivity (Wildman–Crippen MR) is 119 cm³/mol. The summed E-state index contributed by atoms with van der Waals surface area (Å²) in [7, 11) is 3.30. The van der Waals surface area contributed by atoms with Crippen LogP contribution in [0.1, 0.15) is 18.9 Å². The Kier molecular flexibility index (Phi) is 7.42. The number of hydrogen-bond donors (Lipinski definition) is 7. The number of ether oxygens (including phenoxy) is 3. The number of nitrogens with one attached hydrogen (secondary N) is 3. The fourth-order valence-corrected chi connectivity index (χ4v) is 5.40. The van der Waals surface area contributed by atoms with Crippen molar-refractivity contribution in [2.75, 3.05) is 27.2 Å². The molecule has 7 N–H and O–H groups in total. The van der Waals surface area contributed by atoms with Gasteiger partial charge in [-0.25, -0.2) is 0 Å². The SMILES string of the molecule is CN[C@@H]1[C@H](O)[C@H](NC)[C@H]2O[C@]3(O)[C@H](OC2[C@H]1O)O[C@H](C)CC3(O)CNCCc1ccccc1. The van der Waals surface area contributed by atoms with Gasteiger partial charge in [0, 0.05) is 13.0 Å². The second kappa shape index (κ2) is 9.82. The second-order valence-electron chi connectivity index (χ2n) is 9.42. The van der Waals surface area contributed by atoms with Crippen molar-refractivity contribution < 1.29 is 34.6 Å². The van der Waals surface area contributed by atoms with Crippen LogP contribution in [0.3, 0.4) is 0 Å². The zero-order valence-electron chi connectivity index (χ0n) is 19.3. The summed E-state index contributed by atoms with van der Waals surface area (Å²) in [5.41, 5.74) is -0.555. The summed E-state index contributed by atoms with van der Waals surface area (Å²) in [4.78, 5) is 0. The number of fused-ring (bicyclic) bond motifs is 2. The van der Waals surface area contributed by atoms with Crippen LogP contribution in [0.25, 0.3) is 0 Å². The molecule has 0 amide bonds. The van der Waals surface area contributed by atoms with Crippen LogP contribution in [0.15, 0.2) is 30.3 Å². The largest absolute Gasteiger partial charge is 0.390 e. The highest BCUT2D eigenvalue weighted by Gasteiger charge is 2.68. The molecule has 0 radical (unpaired) electrons. The van der Waals surface area contributed by atoms with Crippen LogP contribution in [0.5, 0.6) is 0 Å². The Hall–Kier alpha value is -1.18. The van der Waals surface area contributed by atoms with E-state index in [1.54, 1.807) is 21.0 Å². The Bertz CT molecular complexity index is 789. The highest BCUT2D eigenvalue weighted by Crippen LogP contribution is 2.46. The molecule has 1 aromatic rings. The summed E-state index contributed by atoms with van der Waals surface area (Å²) >= 11 is 0. The van der Waals surface area contributed by atoms with Gasteiger partial charge in [-0.2, -0.15) is 0 Å². The average molecular weight is 468 g/mol. The van der Waals surface area contributed by atoms with Gasteiger partial charge in [0.1, 0.15) is 23.9 Å². The van der Waals surface area contributed by atoms with Gasteiger partial charge < -0.3 is 50.6 Å². The average Bonchev–Trinajstić information content (AvgIpc) is 2.78. The van der Waals surface area contributed by atoms with Crippen LogP contribution in [0, 0.1) is 0 Å². The smallest absolute Gasteiger partial charge is 0.249 e. The van der Waals surface area contributed by atoms with Crippen molar-refractivity contribution in [3.63, 3.8) is 0 Å². The van der Waals surface area contributed by atoms with Gasteiger partial charge in [-0.1, -0.05) is 30.3 Å². The van der Waals surface area contributed by atoms with Gasteiger partial charge in [0.15, 0.2) is 0 Å². The third kappa shape index (κ3) is 4.45. The molecular weight excluding hydrogens is 430 g/mol. The van der Waals surface area contributed by atoms with E-state index in [-0.39, 0.29) is 13.0 Å². The standard InChI is InChI=1S/C23H37N3O7/c1-13-11-22(29,12-26-10-9-14-7-5-4-6-8-14)23(30)21(31-13)32-20-18(28)15(24-2)17(27)16(25-3)19(20)33-23/h4-8,13,15-21,24-30H,9-12H2,1-3H3/t13-,15-,16+,17+,18+,19-,20?,21+,22?,23-/m1/s1. The first-order chi connectivity index (χ1) is 15.7. The molecule has 1 aliphatic carbocycles. The van der Waals surface area contributed by atoms with Crippen molar-refractivity contribution in [1.29, 1.82) is 0 Å². The molecule has 3 aliphatic rings. The normalized spacial score (nSPS) is 45.3. The van der Waals surface area contributed by atoms with Crippen LogP contribution in [-0.4, -0.2) is 108 Å². The summed E-state index contributed by atoms with van der Waals surface area (Å²) in [5.74, 6) is -2.19. The Morgan fingerprint density at radius 3 is 2.33 bits per heavy atom. The minimum atomic E-state index is -2.19. The van der Waals surface area contributed by atoms with Gasteiger partial charge >= 0.3 is 0 Å². The Morgan fingerprint density at radius 1 is 0.970 bits per heavy atom. The minimum absolute atomic E-state index is 0.0513. The summed E-state index contributed by atoms with van der Waals surface area (Å²) < 4.78 is 18.0. The van der Waals surface area contributed by atoms with Crippen molar-refractivity contribution in [3.05, 3.63) is 35.9 Å². The number of likely N-dealkylation sites (N-methyl/N-ethyl adjacent to an activating group) is 2. The second-order valence-corrected chi connectivity index (χ2v) is 9.42. The number of aliphatic hydroxyl groups excluding tert-OH is 2. The van der Waals surface area contributed by atoms with Gasteiger partial charge in [-0.3, -0.25) is 0 Å². The fraction of sp³-hybridized carbons (Fsp3) is 0.739. The van der Waals surface area contributed by atoms with Gasteiger partial charge in [-0.05, 0) is 39.5 Å². The lowest BCUT2D eigenvalue weighted by Gasteiger charge is -2.60. The molecule has 2 heterocycles. The molecule has 0 bridgehead atoms. The molecule has 2 aliphatic heterocycles. The molecule has 3 fully saturated rings. The minimum Gasteiger partial charge on any atom is -0.390 e. The molecule has 10 atom stereocenters. The van der Waals surface area contributed by atoms with E-state index in [0.717, 1.165) is 12.0 Å². The first kappa shape index (κ1) is 24.9. The highest BCUT2D eigenvalue weighted by molar-refractivity contribution is 5.15. The van der Waals surface area contributed by atoms with Crippen molar-refractivity contribution in [2.24, 2.45) is 0 Å². The third-order valence-corrected chi connectivity index (χ3v) is 7.20. The topological polar surface area (TPSA) is 145 Å². The lowest BCUT2D eigenvalue weighted by atomic mass is 9.77. The van der Waals surface area contributed by atoms with Crippen LogP contribution in [0.4, 0.5) is 0 Å². The van der Waals surface area contributed by atoms with E-state index in [4.69, 9.17) is 14.2 Å². The molecule has 33 heavy (non-hydrogen) atoms. The van der Waals surface area contributed by atoms with Crippen LogP contribution in [0.2, 0.25) is 0 Å². The number of rotatable bonds is 7. The molecule has 186 valence electrons. The first-order valence-electron chi connectivity index (χ1n) is 11.6. The number of benzene rings is 1. The quantitative estimate of drug-likeness (QED) is 0.226. The van der Waals surface area contributed by atoms with Crippen molar-refractivity contribution >= 4 is 0 Å². The summed E-state index contributed by atoms with van der Waals surface area (Å²) in [5, 5.41) is 54.0. The van der Waals surface area contributed by atoms with Gasteiger partial charge in [0.05, 0.1) is 24.3 Å². The maximum atomic E-state index is 11.6. The lowest BCUT2D eigenvalue weighted by molar-refractivity contribution is -0.482. The van der Waals surface area contributed by atoms with E-state index in [0.29, 0.717) is 6.54 Å². The van der Waals surface area contributed by atoms with E-state index in [9.17, 15) is 20.4 Å². The fourth-order valence-electron chi connectivity index (χ4n) is 5.40. The van der Waals surface area contributed by atoms with Gasteiger partial charge in [0.2, 0.25) is 12.1 Å². The molecule has 2 saturated heterocycles. The van der Waals surface area contributed by atoms with Crippen LogP contribution >= 0.6 is 0 Å². The van der Waals surface area contributed by atoms with E-state index in [1.807, 2.05) is 30.3 Å². The summed E-state index contributed by atoms with van der Waals surface area (Å²) in [6.07, 6.45) is -4.76.